The molecule has 0 saturated carbocycles. The summed E-state index contributed by atoms with van der Waals surface area (Å²) in [6.45, 7) is 5.61. The highest BCUT2D eigenvalue weighted by molar-refractivity contribution is 7.92. The minimum Gasteiger partial charge on any atom is -0.335 e. The van der Waals surface area contributed by atoms with Crippen molar-refractivity contribution in [1.29, 1.82) is 0 Å². The van der Waals surface area contributed by atoms with Crippen molar-refractivity contribution in [3.05, 3.63) is 95.1 Å². The highest BCUT2D eigenvalue weighted by atomic mass is 32.2. The molecule has 4 rings (SSSR count). The van der Waals surface area contributed by atoms with Crippen molar-refractivity contribution in [2.75, 3.05) is 30.9 Å². The fraction of sp³-hybridized carbons (Fsp3) is 0.231. The van der Waals surface area contributed by atoms with Gasteiger partial charge in [-0.25, -0.2) is 8.42 Å². The van der Waals surface area contributed by atoms with Gasteiger partial charge in [0, 0.05) is 43.0 Å². The second kappa shape index (κ2) is 9.69. The van der Waals surface area contributed by atoms with Crippen LogP contribution < -0.4 is 4.72 Å². The van der Waals surface area contributed by atoms with Gasteiger partial charge in [0.2, 0.25) is 0 Å². The van der Waals surface area contributed by atoms with E-state index in [2.05, 4.69) is 4.72 Å². The maximum atomic E-state index is 12.9. The number of carbonyl (C=O) groups is 2. The molecule has 176 valence electrons. The average Bonchev–Trinajstić information content (AvgIpc) is 2.85. The number of aryl methyl sites for hydroxylation is 2. The highest BCUT2D eigenvalue weighted by Crippen LogP contribution is 2.20. The first kappa shape index (κ1) is 23.5. The molecule has 1 fully saturated rings. The molecule has 1 aliphatic heterocycles. The van der Waals surface area contributed by atoms with Gasteiger partial charge >= 0.3 is 0 Å². The zero-order valence-electron chi connectivity index (χ0n) is 19.2. The number of piperazine rings is 1. The van der Waals surface area contributed by atoms with Gasteiger partial charge in [-0.05, 0) is 73.5 Å². The Balaban J connectivity index is 1.37. The molecular weight excluding hydrogens is 450 g/mol. The maximum Gasteiger partial charge on any atom is 0.261 e. The van der Waals surface area contributed by atoms with Gasteiger partial charge in [0.05, 0.1) is 4.90 Å². The second-order valence-electron chi connectivity index (χ2n) is 8.38. The molecule has 1 aliphatic rings. The summed E-state index contributed by atoms with van der Waals surface area (Å²) in [6, 6.07) is 20.5. The zero-order valence-corrected chi connectivity index (χ0v) is 20.0. The molecule has 0 bridgehead atoms. The second-order valence-corrected chi connectivity index (χ2v) is 10.1. The Kier molecular flexibility index (Phi) is 6.70. The Labute approximate surface area is 200 Å². The summed E-state index contributed by atoms with van der Waals surface area (Å²) in [5.41, 5.74) is 3.41. The van der Waals surface area contributed by atoms with Crippen molar-refractivity contribution in [1.82, 2.24) is 9.80 Å². The normalized spacial score (nSPS) is 14.1. The summed E-state index contributed by atoms with van der Waals surface area (Å²) < 4.78 is 28.0. The third-order valence-electron chi connectivity index (χ3n) is 6.05. The summed E-state index contributed by atoms with van der Waals surface area (Å²) in [7, 11) is -3.73. The van der Waals surface area contributed by atoms with Crippen LogP contribution in [0.5, 0.6) is 0 Å². The Morgan fingerprint density at radius 2 is 1.24 bits per heavy atom. The number of amides is 2. The number of sulfonamides is 1. The third kappa shape index (κ3) is 5.12. The lowest BCUT2D eigenvalue weighted by atomic mass is 10.1. The van der Waals surface area contributed by atoms with E-state index in [9.17, 15) is 18.0 Å². The molecule has 1 N–H and O–H groups in total. The number of benzene rings is 3. The van der Waals surface area contributed by atoms with Crippen LogP contribution in [0, 0.1) is 13.8 Å². The molecule has 0 spiro atoms. The van der Waals surface area contributed by atoms with Crippen LogP contribution in [0.3, 0.4) is 0 Å². The summed E-state index contributed by atoms with van der Waals surface area (Å²) in [4.78, 5) is 29.2. The minimum absolute atomic E-state index is 0.0342. The molecule has 1 saturated heterocycles. The predicted molar refractivity (Wildman–Crippen MR) is 131 cm³/mol. The van der Waals surface area contributed by atoms with Gasteiger partial charge in [-0.2, -0.15) is 0 Å². The molecule has 0 aliphatic carbocycles. The van der Waals surface area contributed by atoms with Gasteiger partial charge in [-0.15, -0.1) is 0 Å². The SMILES string of the molecule is Cc1ccc(S(=O)(=O)Nc2ccc(C(=O)N3CCN(C(=O)c4ccccc4)CC3)cc2)cc1C. The van der Waals surface area contributed by atoms with Crippen molar-refractivity contribution >= 4 is 27.5 Å². The van der Waals surface area contributed by atoms with Crippen LogP contribution in [-0.4, -0.2) is 56.2 Å². The van der Waals surface area contributed by atoms with E-state index in [1.54, 1.807) is 64.4 Å². The monoisotopic (exact) mass is 477 g/mol. The molecule has 34 heavy (non-hydrogen) atoms. The Bertz CT molecular complexity index is 1300. The van der Waals surface area contributed by atoms with Crippen LogP contribution in [0.25, 0.3) is 0 Å². The zero-order chi connectivity index (χ0) is 24.3. The van der Waals surface area contributed by atoms with Gasteiger partial charge in [0.1, 0.15) is 0 Å². The van der Waals surface area contributed by atoms with Crippen LogP contribution in [-0.2, 0) is 10.0 Å². The van der Waals surface area contributed by atoms with Gasteiger partial charge < -0.3 is 9.80 Å². The van der Waals surface area contributed by atoms with Crippen molar-refractivity contribution in [3.63, 3.8) is 0 Å². The van der Waals surface area contributed by atoms with E-state index in [1.807, 2.05) is 32.0 Å². The average molecular weight is 478 g/mol. The van der Waals surface area contributed by atoms with Crippen LogP contribution in [0.1, 0.15) is 31.8 Å². The Hall–Kier alpha value is -3.65. The molecule has 2 amide bonds. The number of rotatable bonds is 5. The molecular formula is C26H27N3O4S. The molecule has 8 heteroatoms. The first-order valence-corrected chi connectivity index (χ1v) is 12.6. The standard InChI is InChI=1S/C26H27N3O4S/c1-19-8-13-24(18-20(19)2)34(32,33)27-23-11-9-22(10-12-23)26(31)29-16-14-28(15-17-29)25(30)21-6-4-3-5-7-21/h3-13,18,27H,14-17H2,1-2H3. The first-order valence-electron chi connectivity index (χ1n) is 11.1. The highest BCUT2D eigenvalue weighted by Gasteiger charge is 2.25. The number of carbonyl (C=O) groups excluding carboxylic acids is 2. The Morgan fingerprint density at radius 3 is 1.76 bits per heavy atom. The molecule has 7 nitrogen and oxygen atoms in total. The first-order chi connectivity index (χ1) is 16.2. The van der Waals surface area contributed by atoms with Crippen molar-refractivity contribution in [2.24, 2.45) is 0 Å². The molecule has 0 atom stereocenters. The van der Waals surface area contributed by atoms with Crippen LogP contribution in [0.4, 0.5) is 5.69 Å². The van der Waals surface area contributed by atoms with Crippen molar-refractivity contribution < 1.29 is 18.0 Å². The lowest BCUT2D eigenvalue weighted by Crippen LogP contribution is -2.50. The van der Waals surface area contributed by atoms with E-state index < -0.39 is 10.0 Å². The molecule has 3 aromatic rings. The van der Waals surface area contributed by atoms with Crippen molar-refractivity contribution in [3.8, 4) is 0 Å². The quantitative estimate of drug-likeness (QED) is 0.607. The van der Waals surface area contributed by atoms with Gasteiger partial charge in [-0.1, -0.05) is 24.3 Å². The van der Waals surface area contributed by atoms with E-state index in [-0.39, 0.29) is 16.7 Å². The lowest BCUT2D eigenvalue weighted by molar-refractivity contribution is 0.0535. The third-order valence-corrected chi connectivity index (χ3v) is 7.43. The van der Waals surface area contributed by atoms with E-state index in [0.29, 0.717) is 43.0 Å². The number of nitrogens with one attached hydrogen (secondary N) is 1. The summed E-state index contributed by atoms with van der Waals surface area (Å²) >= 11 is 0. The summed E-state index contributed by atoms with van der Waals surface area (Å²) in [6.07, 6.45) is 0. The lowest BCUT2D eigenvalue weighted by Gasteiger charge is -2.35. The van der Waals surface area contributed by atoms with Crippen LogP contribution >= 0.6 is 0 Å². The van der Waals surface area contributed by atoms with Crippen LogP contribution in [0.15, 0.2) is 77.7 Å². The van der Waals surface area contributed by atoms with E-state index in [4.69, 9.17) is 0 Å². The number of nitrogens with zero attached hydrogens (tertiary/aromatic N) is 2. The summed E-state index contributed by atoms with van der Waals surface area (Å²) in [5, 5.41) is 0. The molecule has 0 aromatic heterocycles. The fourth-order valence-electron chi connectivity index (χ4n) is 3.83. The molecule has 0 radical (unpaired) electrons. The molecule has 1 heterocycles. The fourth-order valence-corrected chi connectivity index (χ4v) is 4.98. The predicted octanol–water partition coefficient (Wildman–Crippen LogP) is 3.70. The Morgan fingerprint density at radius 1 is 0.706 bits per heavy atom. The largest absolute Gasteiger partial charge is 0.335 e. The van der Waals surface area contributed by atoms with E-state index >= 15 is 0 Å². The topological polar surface area (TPSA) is 86.8 Å². The smallest absolute Gasteiger partial charge is 0.261 e. The molecule has 0 unspecified atom stereocenters. The van der Waals surface area contributed by atoms with Gasteiger partial charge in [0.15, 0.2) is 0 Å². The van der Waals surface area contributed by atoms with Crippen LogP contribution in [0.2, 0.25) is 0 Å². The van der Waals surface area contributed by atoms with E-state index in [0.717, 1.165) is 11.1 Å². The minimum atomic E-state index is -3.73. The number of hydrogen-bond acceptors (Lipinski definition) is 4. The maximum absolute atomic E-state index is 12.9. The molecule has 3 aromatic carbocycles. The number of anilines is 1. The van der Waals surface area contributed by atoms with Crippen molar-refractivity contribution in [2.45, 2.75) is 18.7 Å². The summed E-state index contributed by atoms with van der Waals surface area (Å²) in [5.74, 6) is -0.177. The van der Waals surface area contributed by atoms with Gasteiger partial charge in [0.25, 0.3) is 21.8 Å². The van der Waals surface area contributed by atoms with Gasteiger partial charge in [-0.3, -0.25) is 14.3 Å². The number of hydrogen-bond donors (Lipinski definition) is 1. The van der Waals surface area contributed by atoms with E-state index in [1.165, 1.54) is 0 Å².